The molecule has 0 rings (SSSR count). The van der Waals surface area contributed by atoms with Crippen molar-refractivity contribution in [1.82, 2.24) is 0 Å². The maximum atomic E-state index is 12.6. The van der Waals surface area contributed by atoms with Crippen LogP contribution in [0.2, 0.25) is 0 Å². The first-order valence-corrected chi connectivity index (χ1v) is 22.9. The fourth-order valence-electron chi connectivity index (χ4n) is 5.36. The predicted octanol–water partition coefficient (Wildman–Crippen LogP) is 12.3. The number of rotatable bonds is 39. The van der Waals surface area contributed by atoms with Crippen molar-refractivity contribution in [3.63, 3.8) is 0 Å². The van der Waals surface area contributed by atoms with Crippen LogP contribution in [-0.2, 0) is 32.7 Å². The molecule has 9 nitrogen and oxygen atoms in total. The van der Waals surface area contributed by atoms with Gasteiger partial charge in [-0.25, -0.2) is 4.57 Å². The van der Waals surface area contributed by atoms with E-state index in [4.69, 9.17) is 24.3 Å². The van der Waals surface area contributed by atoms with Crippen molar-refractivity contribution in [2.45, 2.75) is 174 Å². The fraction of sp³-hybridized carbons (Fsp3) is 0.689. The Morgan fingerprint density at radius 3 is 1.49 bits per heavy atom. The lowest BCUT2D eigenvalue weighted by atomic mass is 10.1. The van der Waals surface area contributed by atoms with Crippen LogP contribution in [0.4, 0.5) is 0 Å². The van der Waals surface area contributed by atoms with Gasteiger partial charge < -0.3 is 20.1 Å². The van der Waals surface area contributed by atoms with Crippen LogP contribution in [0.25, 0.3) is 0 Å². The van der Waals surface area contributed by atoms with Crippen molar-refractivity contribution in [2.75, 3.05) is 26.4 Å². The molecule has 0 spiro atoms. The molecule has 3 N–H and O–H groups in total. The number of carbonyl (C=O) groups excluding carboxylic acids is 2. The van der Waals surface area contributed by atoms with E-state index >= 15 is 0 Å². The number of nitrogens with two attached hydrogens (primary N) is 1. The van der Waals surface area contributed by atoms with Crippen LogP contribution in [-0.4, -0.2) is 49.3 Å². The molecule has 316 valence electrons. The third-order valence-electron chi connectivity index (χ3n) is 8.56. The zero-order chi connectivity index (χ0) is 40.3. The first-order valence-electron chi connectivity index (χ1n) is 21.4. The van der Waals surface area contributed by atoms with Crippen LogP contribution in [0.15, 0.2) is 72.9 Å². The number of hydrogen-bond donors (Lipinski definition) is 2. The molecule has 0 heterocycles. The number of carbonyl (C=O) groups is 2. The van der Waals surface area contributed by atoms with Crippen molar-refractivity contribution in [1.29, 1.82) is 0 Å². The Bertz CT molecular complexity index is 1130. The summed E-state index contributed by atoms with van der Waals surface area (Å²) in [5.41, 5.74) is 5.34. The number of phosphoric ester groups is 1. The molecule has 0 aliphatic rings. The van der Waals surface area contributed by atoms with Crippen LogP contribution in [0.5, 0.6) is 0 Å². The van der Waals surface area contributed by atoms with E-state index < -0.39 is 32.5 Å². The maximum absolute atomic E-state index is 12.6. The van der Waals surface area contributed by atoms with Gasteiger partial charge in [0, 0.05) is 19.4 Å². The Morgan fingerprint density at radius 1 is 0.545 bits per heavy atom. The minimum Gasteiger partial charge on any atom is -0.462 e. The van der Waals surface area contributed by atoms with E-state index in [0.717, 1.165) is 57.8 Å². The van der Waals surface area contributed by atoms with Gasteiger partial charge in [-0.05, 0) is 83.5 Å². The van der Waals surface area contributed by atoms with Gasteiger partial charge >= 0.3 is 19.8 Å². The average molecular weight is 792 g/mol. The molecule has 2 atom stereocenters. The molecule has 0 amide bonds. The lowest BCUT2D eigenvalue weighted by molar-refractivity contribution is -0.161. The van der Waals surface area contributed by atoms with Gasteiger partial charge in [0.2, 0.25) is 0 Å². The van der Waals surface area contributed by atoms with E-state index in [1.165, 1.54) is 64.2 Å². The summed E-state index contributed by atoms with van der Waals surface area (Å²) < 4.78 is 32.7. The second-order valence-electron chi connectivity index (χ2n) is 13.8. The molecule has 0 aromatic heterocycles. The van der Waals surface area contributed by atoms with Crippen LogP contribution in [0.1, 0.15) is 168 Å². The van der Waals surface area contributed by atoms with Gasteiger partial charge in [0.1, 0.15) is 6.61 Å². The Kier molecular flexibility index (Phi) is 39.2. The van der Waals surface area contributed by atoms with E-state index in [2.05, 4.69) is 80.7 Å². The van der Waals surface area contributed by atoms with Crippen molar-refractivity contribution >= 4 is 19.8 Å². The van der Waals surface area contributed by atoms with Crippen LogP contribution >= 0.6 is 7.82 Å². The molecule has 0 fully saturated rings. The van der Waals surface area contributed by atoms with Crippen LogP contribution < -0.4 is 5.73 Å². The highest BCUT2D eigenvalue weighted by molar-refractivity contribution is 7.47. The number of unbranched alkanes of at least 4 members (excludes halogenated alkanes) is 14. The highest BCUT2D eigenvalue weighted by atomic mass is 31.2. The third-order valence-corrected chi connectivity index (χ3v) is 9.55. The number of allylic oxidation sites excluding steroid dienone is 12. The number of ether oxygens (including phenoxy) is 2. The third kappa shape index (κ3) is 40.9. The highest BCUT2D eigenvalue weighted by Crippen LogP contribution is 2.43. The maximum Gasteiger partial charge on any atom is 0.472 e. The number of hydrogen-bond acceptors (Lipinski definition) is 8. The van der Waals surface area contributed by atoms with E-state index in [-0.39, 0.29) is 32.6 Å². The van der Waals surface area contributed by atoms with Gasteiger partial charge in [0.15, 0.2) is 6.10 Å². The van der Waals surface area contributed by atoms with Gasteiger partial charge in [-0.1, -0.05) is 145 Å². The van der Waals surface area contributed by atoms with Crippen molar-refractivity contribution < 1.29 is 37.6 Å². The molecular formula is C45H78NO8P. The first kappa shape index (κ1) is 52.5. The molecule has 0 bridgehead atoms. The minimum absolute atomic E-state index is 0.0389. The molecule has 0 aliphatic carbocycles. The molecule has 0 saturated carbocycles. The second kappa shape index (κ2) is 41.1. The summed E-state index contributed by atoms with van der Waals surface area (Å²) in [6, 6.07) is 0. The van der Waals surface area contributed by atoms with Gasteiger partial charge in [0.05, 0.1) is 13.2 Å². The zero-order valence-corrected chi connectivity index (χ0v) is 35.5. The Morgan fingerprint density at radius 2 is 0.964 bits per heavy atom. The van der Waals surface area contributed by atoms with Gasteiger partial charge in [-0.3, -0.25) is 18.6 Å². The standard InChI is InChI=1S/C45H78NO8P/c1-3-5-7-9-11-13-15-17-19-21-23-25-27-29-31-33-35-37-44(47)51-41-43(42-53-55(49,50)52-40-39-46)54-45(48)38-36-34-32-30-28-26-24-22-20-18-16-14-12-10-8-6-4-2/h11,13,17-20,23-26,30,32,43H,3-10,12,14-16,21-22,27-29,31,33-42,46H2,1-2H3,(H,49,50)/t43-/m1/s1. The van der Waals surface area contributed by atoms with E-state index in [1.807, 2.05) is 6.08 Å². The molecule has 0 aromatic carbocycles. The topological polar surface area (TPSA) is 134 Å². The smallest absolute Gasteiger partial charge is 0.462 e. The average Bonchev–Trinajstić information content (AvgIpc) is 3.17. The quantitative estimate of drug-likeness (QED) is 0.0270. The Balaban J connectivity index is 4.31. The lowest BCUT2D eigenvalue weighted by Crippen LogP contribution is -2.29. The van der Waals surface area contributed by atoms with Crippen molar-refractivity contribution in [3.05, 3.63) is 72.9 Å². The Hall–Kier alpha value is -2.55. The monoisotopic (exact) mass is 792 g/mol. The molecule has 0 saturated heterocycles. The molecule has 10 heteroatoms. The van der Waals surface area contributed by atoms with Crippen molar-refractivity contribution in [2.24, 2.45) is 5.73 Å². The normalized spacial score (nSPS) is 14.0. The first-order chi connectivity index (χ1) is 26.8. The van der Waals surface area contributed by atoms with E-state index in [0.29, 0.717) is 19.3 Å². The summed E-state index contributed by atoms with van der Waals surface area (Å²) >= 11 is 0. The summed E-state index contributed by atoms with van der Waals surface area (Å²) in [7, 11) is -4.40. The summed E-state index contributed by atoms with van der Waals surface area (Å²) in [6.07, 6.45) is 49.4. The molecular weight excluding hydrogens is 713 g/mol. The Labute approximate surface area is 335 Å². The largest absolute Gasteiger partial charge is 0.472 e. The highest BCUT2D eigenvalue weighted by Gasteiger charge is 2.25. The molecule has 0 aliphatic heterocycles. The predicted molar refractivity (Wildman–Crippen MR) is 229 cm³/mol. The molecule has 1 unspecified atom stereocenters. The zero-order valence-electron chi connectivity index (χ0n) is 34.6. The van der Waals surface area contributed by atoms with Gasteiger partial charge in [-0.15, -0.1) is 0 Å². The summed E-state index contributed by atoms with van der Waals surface area (Å²) in [5, 5.41) is 0. The van der Waals surface area contributed by atoms with Crippen LogP contribution in [0.3, 0.4) is 0 Å². The van der Waals surface area contributed by atoms with Crippen molar-refractivity contribution in [3.8, 4) is 0 Å². The number of phosphoric acid groups is 1. The summed E-state index contributed by atoms with van der Waals surface area (Å²) in [5.74, 6) is -0.921. The minimum atomic E-state index is -4.40. The van der Waals surface area contributed by atoms with Crippen LogP contribution in [0, 0.1) is 0 Å². The van der Waals surface area contributed by atoms with Gasteiger partial charge in [-0.2, -0.15) is 0 Å². The fourth-order valence-corrected chi connectivity index (χ4v) is 6.13. The SMILES string of the molecule is CCCCCC=CCC=CCC=CCCCCCCC(=O)OC[C@H](COP(=O)(O)OCCN)OC(=O)CCCC=CCC=CCC=CCCCCCCCC. The lowest BCUT2D eigenvalue weighted by Gasteiger charge is -2.19. The van der Waals surface area contributed by atoms with Gasteiger partial charge in [0.25, 0.3) is 0 Å². The van der Waals surface area contributed by atoms with E-state index in [9.17, 15) is 19.0 Å². The molecule has 55 heavy (non-hydrogen) atoms. The number of esters is 2. The van der Waals surface area contributed by atoms with E-state index in [1.54, 1.807) is 0 Å². The summed E-state index contributed by atoms with van der Waals surface area (Å²) in [6.45, 7) is 3.60. The molecule has 0 aromatic rings. The molecule has 0 radical (unpaired) electrons. The summed E-state index contributed by atoms with van der Waals surface area (Å²) in [4.78, 5) is 34.8. The second-order valence-corrected chi connectivity index (χ2v) is 15.3.